The Morgan fingerprint density at radius 1 is 1.35 bits per heavy atom. The van der Waals surface area contributed by atoms with E-state index >= 15 is 0 Å². The van der Waals surface area contributed by atoms with E-state index in [4.69, 9.17) is 14.2 Å². The molecule has 1 aliphatic heterocycles. The van der Waals surface area contributed by atoms with E-state index in [0.29, 0.717) is 23.7 Å². The summed E-state index contributed by atoms with van der Waals surface area (Å²) in [5, 5.41) is 18.7. The molecule has 20 heavy (non-hydrogen) atoms. The summed E-state index contributed by atoms with van der Waals surface area (Å²) in [6, 6.07) is 4.80. The lowest BCUT2D eigenvalue weighted by Crippen LogP contribution is -2.46. The summed E-state index contributed by atoms with van der Waals surface area (Å²) in [5.74, 6) is 0.604. The highest BCUT2D eigenvalue weighted by Gasteiger charge is 2.43. The van der Waals surface area contributed by atoms with Gasteiger partial charge in [-0.15, -0.1) is 0 Å². The van der Waals surface area contributed by atoms with Crippen LogP contribution in [0, 0.1) is 5.41 Å². The molecular weight excluding hydrogens is 264 g/mol. The van der Waals surface area contributed by atoms with Gasteiger partial charge in [0.15, 0.2) is 12.6 Å². The average Bonchev–Trinajstić information content (AvgIpc) is 2.49. The van der Waals surface area contributed by atoms with Crippen LogP contribution >= 0.6 is 0 Å². The minimum absolute atomic E-state index is 0.0548. The van der Waals surface area contributed by atoms with Crippen molar-refractivity contribution in [3.8, 4) is 11.5 Å². The molecule has 6 heteroatoms. The standard InChI is InChI=1S/C14H18O6/c1-2-18-9-20-10-3-4-11-12(5-10)19-8-14(6-15,7-16)13(11)17/h3-5,15-16H,2,6-9H2,1H3. The monoisotopic (exact) mass is 282 g/mol. The van der Waals surface area contributed by atoms with Gasteiger partial charge in [-0.3, -0.25) is 4.79 Å². The first-order valence-corrected chi connectivity index (χ1v) is 6.41. The first kappa shape index (κ1) is 14.8. The molecule has 0 amide bonds. The topological polar surface area (TPSA) is 85.2 Å². The number of fused-ring (bicyclic) bond motifs is 1. The van der Waals surface area contributed by atoms with Crippen molar-refractivity contribution in [1.29, 1.82) is 0 Å². The zero-order valence-electron chi connectivity index (χ0n) is 11.3. The van der Waals surface area contributed by atoms with Gasteiger partial charge in [0.2, 0.25) is 0 Å². The molecule has 110 valence electrons. The van der Waals surface area contributed by atoms with E-state index < -0.39 is 18.6 Å². The maximum Gasteiger partial charge on any atom is 0.189 e. The summed E-state index contributed by atoms with van der Waals surface area (Å²) in [7, 11) is 0. The summed E-state index contributed by atoms with van der Waals surface area (Å²) < 4.78 is 15.9. The quantitative estimate of drug-likeness (QED) is 0.587. The Labute approximate surface area is 116 Å². The highest BCUT2D eigenvalue weighted by molar-refractivity contribution is 6.04. The maximum absolute atomic E-state index is 12.3. The third-order valence-electron chi connectivity index (χ3n) is 3.30. The van der Waals surface area contributed by atoms with Crippen molar-refractivity contribution in [1.82, 2.24) is 0 Å². The van der Waals surface area contributed by atoms with Crippen LogP contribution in [-0.2, 0) is 4.74 Å². The highest BCUT2D eigenvalue weighted by atomic mass is 16.7. The number of carbonyl (C=O) groups excluding carboxylic acids is 1. The van der Waals surface area contributed by atoms with Crippen molar-refractivity contribution in [2.45, 2.75) is 6.92 Å². The maximum atomic E-state index is 12.3. The van der Waals surface area contributed by atoms with E-state index in [0.717, 1.165) is 0 Å². The van der Waals surface area contributed by atoms with Crippen molar-refractivity contribution in [3.05, 3.63) is 23.8 Å². The lowest BCUT2D eigenvalue weighted by Gasteiger charge is -2.33. The molecule has 0 spiro atoms. The van der Waals surface area contributed by atoms with Gasteiger partial charge >= 0.3 is 0 Å². The van der Waals surface area contributed by atoms with Crippen molar-refractivity contribution in [2.75, 3.05) is 33.2 Å². The van der Waals surface area contributed by atoms with Gasteiger partial charge in [0.1, 0.15) is 23.5 Å². The van der Waals surface area contributed by atoms with E-state index in [1.807, 2.05) is 6.92 Å². The molecule has 0 fully saturated rings. The molecule has 0 unspecified atom stereocenters. The van der Waals surface area contributed by atoms with E-state index in [9.17, 15) is 15.0 Å². The second-order valence-electron chi connectivity index (χ2n) is 4.63. The molecule has 1 aromatic carbocycles. The Morgan fingerprint density at radius 3 is 2.75 bits per heavy atom. The van der Waals surface area contributed by atoms with Crippen LogP contribution in [0.1, 0.15) is 17.3 Å². The van der Waals surface area contributed by atoms with E-state index in [-0.39, 0.29) is 19.2 Å². The van der Waals surface area contributed by atoms with Crippen molar-refractivity contribution < 1.29 is 29.2 Å². The number of hydrogen-bond acceptors (Lipinski definition) is 6. The largest absolute Gasteiger partial charge is 0.491 e. The lowest BCUT2D eigenvalue weighted by atomic mass is 9.80. The van der Waals surface area contributed by atoms with Gasteiger partial charge in [0.05, 0.1) is 18.8 Å². The van der Waals surface area contributed by atoms with Crippen molar-refractivity contribution in [3.63, 3.8) is 0 Å². The zero-order valence-corrected chi connectivity index (χ0v) is 11.3. The van der Waals surface area contributed by atoms with Crippen LogP contribution in [0.15, 0.2) is 18.2 Å². The number of hydrogen-bond donors (Lipinski definition) is 2. The number of aliphatic hydroxyl groups excluding tert-OH is 2. The van der Waals surface area contributed by atoms with Crippen LogP contribution in [0.5, 0.6) is 11.5 Å². The highest BCUT2D eigenvalue weighted by Crippen LogP contribution is 2.36. The van der Waals surface area contributed by atoms with Gasteiger partial charge in [-0.25, -0.2) is 0 Å². The summed E-state index contributed by atoms with van der Waals surface area (Å²) >= 11 is 0. The molecule has 6 nitrogen and oxygen atoms in total. The van der Waals surface area contributed by atoms with Crippen LogP contribution in [0.2, 0.25) is 0 Å². The van der Waals surface area contributed by atoms with Gasteiger partial charge in [-0.05, 0) is 19.1 Å². The molecule has 0 atom stereocenters. The minimum atomic E-state index is -1.26. The molecule has 0 aromatic heterocycles. The average molecular weight is 282 g/mol. The van der Waals surface area contributed by atoms with Crippen LogP contribution < -0.4 is 9.47 Å². The summed E-state index contributed by atoms with van der Waals surface area (Å²) in [5.41, 5.74) is -0.927. The van der Waals surface area contributed by atoms with Gasteiger partial charge in [-0.1, -0.05) is 0 Å². The van der Waals surface area contributed by atoms with Crippen LogP contribution in [-0.4, -0.2) is 49.2 Å². The predicted octanol–water partition coefficient (Wildman–Crippen LogP) is 0.605. The fourth-order valence-electron chi connectivity index (χ4n) is 1.94. The Hall–Kier alpha value is -1.63. The summed E-state index contributed by atoms with van der Waals surface area (Å²) in [4.78, 5) is 12.3. The van der Waals surface area contributed by atoms with Gasteiger partial charge in [0, 0.05) is 12.7 Å². The first-order valence-electron chi connectivity index (χ1n) is 6.41. The van der Waals surface area contributed by atoms with Crippen molar-refractivity contribution in [2.24, 2.45) is 5.41 Å². The Morgan fingerprint density at radius 2 is 2.10 bits per heavy atom. The number of rotatable bonds is 6. The smallest absolute Gasteiger partial charge is 0.189 e. The van der Waals surface area contributed by atoms with Crippen LogP contribution in [0.25, 0.3) is 0 Å². The number of carbonyl (C=O) groups is 1. The van der Waals surface area contributed by atoms with Gasteiger partial charge < -0.3 is 24.4 Å². The first-order chi connectivity index (χ1) is 9.66. The Bertz CT molecular complexity index is 481. The Balaban J connectivity index is 2.19. The Kier molecular flexibility index (Phi) is 4.59. The SMILES string of the molecule is CCOCOc1ccc2c(c1)OCC(CO)(CO)C2=O. The molecule has 2 rings (SSSR count). The predicted molar refractivity (Wildman–Crippen MR) is 70.0 cm³/mol. The molecule has 0 bridgehead atoms. The second-order valence-corrected chi connectivity index (χ2v) is 4.63. The number of Topliss-reactive ketones (excluding diaryl/α,β-unsaturated/α-hetero) is 1. The number of benzene rings is 1. The van der Waals surface area contributed by atoms with Crippen LogP contribution in [0.4, 0.5) is 0 Å². The minimum Gasteiger partial charge on any atom is -0.491 e. The van der Waals surface area contributed by atoms with E-state index in [1.54, 1.807) is 18.2 Å². The van der Waals surface area contributed by atoms with Crippen LogP contribution in [0.3, 0.4) is 0 Å². The molecule has 1 heterocycles. The fourth-order valence-corrected chi connectivity index (χ4v) is 1.94. The van der Waals surface area contributed by atoms with Crippen molar-refractivity contribution >= 4 is 5.78 Å². The van der Waals surface area contributed by atoms with E-state index in [1.165, 1.54) is 0 Å². The molecular formula is C14H18O6. The van der Waals surface area contributed by atoms with Gasteiger partial charge in [-0.2, -0.15) is 0 Å². The molecule has 0 saturated heterocycles. The third-order valence-corrected chi connectivity index (χ3v) is 3.30. The molecule has 0 radical (unpaired) electrons. The normalized spacial score (nSPS) is 16.4. The zero-order chi connectivity index (χ0) is 14.6. The van der Waals surface area contributed by atoms with Gasteiger partial charge in [0.25, 0.3) is 0 Å². The third kappa shape index (κ3) is 2.63. The molecule has 1 aliphatic rings. The molecule has 1 aromatic rings. The summed E-state index contributed by atoms with van der Waals surface area (Å²) in [6.45, 7) is 1.58. The molecule has 2 N–H and O–H groups in total. The number of ether oxygens (including phenoxy) is 3. The molecule has 0 saturated carbocycles. The lowest BCUT2D eigenvalue weighted by molar-refractivity contribution is 0.0105. The van der Waals surface area contributed by atoms with E-state index in [2.05, 4.69) is 0 Å². The second kappa shape index (κ2) is 6.21. The number of ketones is 1. The summed E-state index contributed by atoms with van der Waals surface area (Å²) in [6.07, 6.45) is 0. The fraction of sp³-hybridized carbons (Fsp3) is 0.500. The number of aliphatic hydroxyl groups is 2. The molecule has 0 aliphatic carbocycles.